The van der Waals surface area contributed by atoms with E-state index in [9.17, 15) is 22.0 Å². The third-order valence-electron chi connectivity index (χ3n) is 1.21. The minimum absolute atomic E-state index is 0.362. The molecule has 0 fully saturated rings. The van der Waals surface area contributed by atoms with Gasteiger partial charge in [0.05, 0.1) is 0 Å². The fourth-order valence-electron chi connectivity index (χ4n) is 0.763. The van der Waals surface area contributed by atoms with Crippen molar-refractivity contribution in [2.24, 2.45) is 0 Å². The van der Waals surface area contributed by atoms with E-state index >= 15 is 0 Å². The molecule has 0 saturated heterocycles. The highest BCUT2D eigenvalue weighted by atomic mass is 19.4. The Hall–Kier alpha value is -1.53. The standard InChI is InChI=1S/C8H4F5O2/c9-7(10)14-5-1-3-6(4-2-5)15-8(11,12)13/h1,3-4,7H. The smallest absolute Gasteiger partial charge is 0.434 e. The molecule has 2 nitrogen and oxygen atoms in total. The Morgan fingerprint density at radius 1 is 1.20 bits per heavy atom. The van der Waals surface area contributed by atoms with Gasteiger partial charge >= 0.3 is 13.0 Å². The van der Waals surface area contributed by atoms with Crippen molar-refractivity contribution in [1.82, 2.24) is 0 Å². The number of alkyl halides is 5. The van der Waals surface area contributed by atoms with Gasteiger partial charge in [-0.1, -0.05) is 0 Å². The van der Waals surface area contributed by atoms with Gasteiger partial charge in [-0.3, -0.25) is 0 Å². The van der Waals surface area contributed by atoms with Crippen molar-refractivity contribution in [3.8, 4) is 11.5 Å². The van der Waals surface area contributed by atoms with Gasteiger partial charge in [0.15, 0.2) is 0 Å². The first-order valence-electron chi connectivity index (χ1n) is 3.59. The summed E-state index contributed by atoms with van der Waals surface area (Å²) in [5.74, 6) is -0.913. The number of benzene rings is 1. The van der Waals surface area contributed by atoms with Crippen LogP contribution in [0, 0.1) is 6.07 Å². The Kier molecular flexibility index (Phi) is 3.33. The summed E-state index contributed by atoms with van der Waals surface area (Å²) in [5, 5.41) is 0. The average molecular weight is 227 g/mol. The first kappa shape index (κ1) is 11.5. The van der Waals surface area contributed by atoms with Crippen LogP contribution >= 0.6 is 0 Å². The van der Waals surface area contributed by atoms with Gasteiger partial charge in [-0.25, -0.2) is 0 Å². The molecule has 1 radical (unpaired) electrons. The zero-order valence-corrected chi connectivity index (χ0v) is 7.02. The lowest BCUT2D eigenvalue weighted by molar-refractivity contribution is -0.274. The molecule has 1 rings (SSSR count). The van der Waals surface area contributed by atoms with Gasteiger partial charge < -0.3 is 9.47 Å². The molecule has 0 spiro atoms. The van der Waals surface area contributed by atoms with E-state index in [1.807, 2.05) is 0 Å². The predicted molar refractivity (Wildman–Crippen MR) is 38.6 cm³/mol. The topological polar surface area (TPSA) is 18.5 Å². The van der Waals surface area contributed by atoms with Crippen LogP contribution in [0.5, 0.6) is 11.5 Å². The van der Waals surface area contributed by atoms with E-state index in [1.165, 1.54) is 0 Å². The Morgan fingerprint density at radius 2 is 1.87 bits per heavy atom. The number of hydrogen-bond acceptors (Lipinski definition) is 2. The molecule has 0 atom stereocenters. The highest BCUT2D eigenvalue weighted by molar-refractivity contribution is 5.30. The molecule has 0 aromatic heterocycles. The Bertz CT molecular complexity index is 306. The van der Waals surface area contributed by atoms with E-state index in [1.54, 1.807) is 0 Å². The molecule has 0 heterocycles. The van der Waals surface area contributed by atoms with Gasteiger partial charge in [-0.2, -0.15) is 8.78 Å². The van der Waals surface area contributed by atoms with Crippen LogP contribution < -0.4 is 9.47 Å². The zero-order valence-electron chi connectivity index (χ0n) is 7.02. The second kappa shape index (κ2) is 4.33. The summed E-state index contributed by atoms with van der Waals surface area (Å²) in [5.41, 5.74) is 0. The summed E-state index contributed by atoms with van der Waals surface area (Å²) in [6, 6.07) is 4.56. The molecular weight excluding hydrogens is 223 g/mol. The maximum Gasteiger partial charge on any atom is 0.573 e. The van der Waals surface area contributed by atoms with E-state index in [2.05, 4.69) is 15.5 Å². The summed E-state index contributed by atoms with van der Waals surface area (Å²) < 4.78 is 65.6. The highest BCUT2D eigenvalue weighted by Crippen LogP contribution is 2.24. The van der Waals surface area contributed by atoms with E-state index in [0.717, 1.165) is 18.2 Å². The fraction of sp³-hybridized carbons (Fsp3) is 0.250. The second-order valence-electron chi connectivity index (χ2n) is 2.31. The molecule has 0 amide bonds. The molecule has 7 heteroatoms. The molecular formula is C8H4F5O2. The number of ether oxygens (including phenoxy) is 2. The molecule has 0 bridgehead atoms. The van der Waals surface area contributed by atoms with Crippen molar-refractivity contribution >= 4 is 0 Å². The lowest BCUT2D eigenvalue weighted by atomic mass is 10.3. The van der Waals surface area contributed by atoms with Crippen molar-refractivity contribution in [3.05, 3.63) is 24.3 Å². The van der Waals surface area contributed by atoms with Gasteiger partial charge in [0.1, 0.15) is 11.5 Å². The minimum atomic E-state index is -4.82. The van der Waals surface area contributed by atoms with E-state index in [0.29, 0.717) is 0 Å². The van der Waals surface area contributed by atoms with Crippen molar-refractivity contribution in [3.63, 3.8) is 0 Å². The average Bonchev–Trinajstić information content (AvgIpc) is 2.05. The molecule has 1 aromatic carbocycles. The van der Waals surface area contributed by atoms with E-state index < -0.39 is 18.7 Å². The van der Waals surface area contributed by atoms with E-state index in [-0.39, 0.29) is 5.75 Å². The molecule has 0 aliphatic heterocycles. The largest absolute Gasteiger partial charge is 0.573 e. The number of hydrogen-bond donors (Lipinski definition) is 0. The first-order chi connectivity index (χ1) is 6.87. The van der Waals surface area contributed by atoms with Gasteiger partial charge in [0, 0.05) is 6.07 Å². The van der Waals surface area contributed by atoms with Gasteiger partial charge in [-0.05, 0) is 18.2 Å². The summed E-state index contributed by atoms with van der Waals surface area (Å²) >= 11 is 0. The molecule has 0 saturated carbocycles. The molecule has 83 valence electrons. The Labute approximate surface area is 81.2 Å². The molecule has 0 N–H and O–H groups in total. The summed E-state index contributed by atoms with van der Waals surface area (Å²) in [6.45, 7) is -3.05. The SMILES string of the molecule is FC(F)Oc1[c]cc(OC(F)(F)F)cc1. The van der Waals surface area contributed by atoms with Crippen LogP contribution in [-0.2, 0) is 0 Å². The van der Waals surface area contributed by atoms with Crippen molar-refractivity contribution in [2.75, 3.05) is 0 Å². The molecule has 0 aliphatic carbocycles. The minimum Gasteiger partial charge on any atom is -0.434 e. The van der Waals surface area contributed by atoms with Crippen LogP contribution in [0.15, 0.2) is 18.2 Å². The lowest BCUT2D eigenvalue weighted by Gasteiger charge is -2.09. The van der Waals surface area contributed by atoms with Crippen LogP contribution in [0.25, 0.3) is 0 Å². The summed E-state index contributed by atoms with van der Waals surface area (Å²) in [7, 11) is 0. The quantitative estimate of drug-likeness (QED) is 0.739. The second-order valence-corrected chi connectivity index (χ2v) is 2.31. The molecule has 15 heavy (non-hydrogen) atoms. The lowest BCUT2D eigenvalue weighted by Crippen LogP contribution is -2.17. The van der Waals surface area contributed by atoms with Crippen molar-refractivity contribution in [2.45, 2.75) is 13.0 Å². The third kappa shape index (κ3) is 4.48. The predicted octanol–water partition coefficient (Wildman–Crippen LogP) is 2.99. The van der Waals surface area contributed by atoms with E-state index in [4.69, 9.17) is 0 Å². The molecule has 1 aromatic rings. The van der Waals surface area contributed by atoms with Gasteiger partial charge in [0.25, 0.3) is 0 Å². The van der Waals surface area contributed by atoms with Crippen LogP contribution in [0.3, 0.4) is 0 Å². The molecule has 0 aliphatic rings. The van der Waals surface area contributed by atoms with Crippen LogP contribution in [-0.4, -0.2) is 13.0 Å². The monoisotopic (exact) mass is 227 g/mol. The van der Waals surface area contributed by atoms with Crippen LogP contribution in [0.2, 0.25) is 0 Å². The maximum absolute atomic E-state index is 11.7. The number of rotatable bonds is 3. The zero-order chi connectivity index (χ0) is 11.5. The fourth-order valence-corrected chi connectivity index (χ4v) is 0.763. The normalized spacial score (nSPS) is 11.6. The van der Waals surface area contributed by atoms with Gasteiger partial charge in [0.2, 0.25) is 0 Å². The van der Waals surface area contributed by atoms with Crippen molar-refractivity contribution < 1.29 is 31.4 Å². The van der Waals surface area contributed by atoms with Gasteiger partial charge in [-0.15, -0.1) is 13.2 Å². The van der Waals surface area contributed by atoms with Crippen LogP contribution in [0.4, 0.5) is 22.0 Å². The Morgan fingerprint density at radius 3 is 2.27 bits per heavy atom. The highest BCUT2D eigenvalue weighted by Gasteiger charge is 2.31. The van der Waals surface area contributed by atoms with Crippen LogP contribution in [0.1, 0.15) is 0 Å². The summed E-state index contributed by atoms with van der Waals surface area (Å²) in [4.78, 5) is 0. The first-order valence-corrected chi connectivity index (χ1v) is 3.59. The maximum atomic E-state index is 11.7. The number of halogens is 5. The molecule has 0 unspecified atom stereocenters. The summed E-state index contributed by atoms with van der Waals surface area (Å²) in [6.07, 6.45) is -4.82. The Balaban J connectivity index is 2.64. The third-order valence-corrected chi connectivity index (χ3v) is 1.21. The van der Waals surface area contributed by atoms with Crippen molar-refractivity contribution in [1.29, 1.82) is 0 Å².